The predicted octanol–water partition coefficient (Wildman–Crippen LogP) is 2.92. The Labute approximate surface area is 238 Å². The second-order valence-corrected chi connectivity index (χ2v) is 10.8. The number of amides is 4. The summed E-state index contributed by atoms with van der Waals surface area (Å²) in [6, 6.07) is 3.84. The van der Waals surface area contributed by atoms with Crippen molar-refractivity contribution in [2.75, 3.05) is 31.5 Å². The number of halogens is 3. The molecular formula is C26H31F3N6O7. The maximum absolute atomic E-state index is 13.0. The summed E-state index contributed by atoms with van der Waals surface area (Å²) in [6.07, 6.45) is -4.42. The molecule has 228 valence electrons. The molecule has 4 amide bonds. The zero-order valence-electron chi connectivity index (χ0n) is 23.6. The molecule has 1 saturated heterocycles. The number of nitrogens with one attached hydrogen (secondary N) is 2. The van der Waals surface area contributed by atoms with Gasteiger partial charge >= 0.3 is 24.2 Å². The zero-order valence-corrected chi connectivity index (χ0v) is 23.6. The van der Waals surface area contributed by atoms with Crippen molar-refractivity contribution >= 4 is 30.1 Å². The third-order valence-corrected chi connectivity index (χ3v) is 5.87. The largest absolute Gasteiger partial charge is 0.573 e. The van der Waals surface area contributed by atoms with Crippen LogP contribution in [0.5, 0.6) is 5.75 Å². The lowest BCUT2D eigenvalue weighted by molar-refractivity contribution is -0.274. The van der Waals surface area contributed by atoms with Crippen LogP contribution in [0, 0.1) is 0 Å². The number of carbonyl (C=O) groups is 4. The van der Waals surface area contributed by atoms with Crippen LogP contribution in [-0.4, -0.2) is 87.3 Å². The molecule has 1 aromatic heterocycles. The summed E-state index contributed by atoms with van der Waals surface area (Å²) in [7, 11) is 0. The lowest BCUT2D eigenvalue weighted by Gasteiger charge is -2.38. The molecule has 0 spiro atoms. The maximum atomic E-state index is 13.0. The van der Waals surface area contributed by atoms with Gasteiger partial charge in [0.2, 0.25) is 5.91 Å². The average Bonchev–Trinajstić information content (AvgIpc) is 2.86. The molecule has 2 N–H and O–H groups in total. The van der Waals surface area contributed by atoms with Crippen LogP contribution < -0.4 is 21.1 Å². The first kappa shape index (κ1) is 31.9. The number of benzene rings is 1. The van der Waals surface area contributed by atoms with Crippen molar-refractivity contribution < 1.29 is 41.8 Å². The van der Waals surface area contributed by atoms with E-state index in [2.05, 4.69) is 20.4 Å². The number of ether oxygens (including phenoxy) is 2. The predicted molar refractivity (Wildman–Crippen MR) is 143 cm³/mol. The van der Waals surface area contributed by atoms with Crippen molar-refractivity contribution in [2.24, 2.45) is 0 Å². The third-order valence-electron chi connectivity index (χ3n) is 5.87. The van der Waals surface area contributed by atoms with Crippen molar-refractivity contribution in [3.63, 3.8) is 0 Å². The van der Waals surface area contributed by atoms with E-state index in [9.17, 15) is 37.1 Å². The van der Waals surface area contributed by atoms with E-state index in [4.69, 9.17) is 4.74 Å². The van der Waals surface area contributed by atoms with E-state index in [1.54, 1.807) is 34.6 Å². The Morgan fingerprint density at radius 1 is 0.976 bits per heavy atom. The van der Waals surface area contributed by atoms with Crippen LogP contribution in [0.3, 0.4) is 0 Å². The van der Waals surface area contributed by atoms with Gasteiger partial charge in [-0.2, -0.15) is 4.98 Å². The van der Waals surface area contributed by atoms with Gasteiger partial charge in [0.05, 0.1) is 11.3 Å². The standard InChI is InChI=1S/C26H31F3N6O7/c1-24(2,3)42-23(40)32-25(4,5)20(37)33-10-12-34(13-11-33)21(38)30-19-8-9-35(22(39)31-19)17-7-6-16(15-36)18(14-17)41-26(27,28)29/h6-9,14-15H,10-13H2,1-5H3,(H,32,40)(H,30,31,38,39). The number of carbonyl (C=O) groups excluding carboxylic acids is 4. The van der Waals surface area contributed by atoms with Crippen LogP contribution >= 0.6 is 0 Å². The highest BCUT2D eigenvalue weighted by Crippen LogP contribution is 2.27. The number of rotatable bonds is 6. The summed E-state index contributed by atoms with van der Waals surface area (Å²) in [5.74, 6) is -1.26. The van der Waals surface area contributed by atoms with Gasteiger partial charge in [0.25, 0.3) is 0 Å². The number of hydrogen-bond acceptors (Lipinski definition) is 8. The number of alkyl halides is 3. The average molecular weight is 597 g/mol. The molecule has 0 unspecified atom stereocenters. The first-order valence-electron chi connectivity index (χ1n) is 12.7. The van der Waals surface area contributed by atoms with Crippen molar-refractivity contribution in [3.05, 3.63) is 46.5 Å². The minimum absolute atomic E-state index is 0.0555. The molecule has 0 bridgehead atoms. The van der Waals surface area contributed by atoms with Gasteiger partial charge < -0.3 is 24.6 Å². The maximum Gasteiger partial charge on any atom is 0.573 e. The number of nitrogens with zero attached hydrogens (tertiary/aromatic N) is 4. The lowest BCUT2D eigenvalue weighted by atomic mass is 10.0. The van der Waals surface area contributed by atoms with Gasteiger partial charge in [-0.25, -0.2) is 14.4 Å². The van der Waals surface area contributed by atoms with Crippen molar-refractivity contribution in [1.29, 1.82) is 0 Å². The molecule has 1 aromatic carbocycles. The number of piperazine rings is 1. The molecule has 2 aromatic rings. The number of aromatic nitrogens is 2. The van der Waals surface area contributed by atoms with Gasteiger partial charge in [0.1, 0.15) is 22.7 Å². The fourth-order valence-electron chi connectivity index (χ4n) is 3.96. The molecule has 13 nitrogen and oxygen atoms in total. The second kappa shape index (κ2) is 12.1. The first-order chi connectivity index (χ1) is 19.4. The van der Waals surface area contributed by atoms with E-state index >= 15 is 0 Å². The van der Waals surface area contributed by atoms with Crippen LogP contribution in [0.1, 0.15) is 45.0 Å². The number of aldehydes is 1. The number of urea groups is 1. The Bertz CT molecular complexity index is 1410. The smallest absolute Gasteiger partial charge is 0.444 e. The van der Waals surface area contributed by atoms with Crippen LogP contribution in [0.15, 0.2) is 35.3 Å². The topological polar surface area (TPSA) is 152 Å². The van der Waals surface area contributed by atoms with Crippen molar-refractivity contribution in [2.45, 2.75) is 52.1 Å². The monoisotopic (exact) mass is 596 g/mol. The number of anilines is 1. The van der Waals surface area contributed by atoms with E-state index in [1.165, 1.54) is 28.1 Å². The third kappa shape index (κ3) is 8.44. The van der Waals surface area contributed by atoms with Gasteiger partial charge in [0.15, 0.2) is 6.29 Å². The summed E-state index contributed by atoms with van der Waals surface area (Å²) < 4.78 is 48.1. The molecule has 2 heterocycles. The summed E-state index contributed by atoms with van der Waals surface area (Å²) in [5, 5.41) is 5.04. The first-order valence-corrected chi connectivity index (χ1v) is 12.7. The van der Waals surface area contributed by atoms with E-state index in [0.29, 0.717) is 0 Å². The number of hydrogen-bond donors (Lipinski definition) is 2. The van der Waals surface area contributed by atoms with Gasteiger partial charge in [-0.1, -0.05) is 0 Å². The highest BCUT2D eigenvalue weighted by atomic mass is 19.4. The molecule has 0 aliphatic carbocycles. The quantitative estimate of drug-likeness (QED) is 0.483. The van der Waals surface area contributed by atoms with Crippen LogP contribution in [0.2, 0.25) is 0 Å². The van der Waals surface area contributed by atoms with Crippen LogP contribution in [0.25, 0.3) is 5.69 Å². The summed E-state index contributed by atoms with van der Waals surface area (Å²) in [5.41, 5.74) is -3.33. The molecule has 16 heteroatoms. The fourth-order valence-corrected chi connectivity index (χ4v) is 3.96. The molecule has 1 fully saturated rings. The SMILES string of the molecule is CC(C)(C)OC(=O)NC(C)(C)C(=O)N1CCN(C(=O)Nc2ccn(-c3ccc(C=O)c(OC(F)(F)F)c3)c(=O)n2)CC1. The van der Waals surface area contributed by atoms with Crippen LogP contribution in [-0.2, 0) is 9.53 Å². The molecule has 0 atom stereocenters. The Morgan fingerprint density at radius 2 is 1.60 bits per heavy atom. The second-order valence-electron chi connectivity index (χ2n) is 10.8. The molecule has 3 rings (SSSR count). The minimum Gasteiger partial charge on any atom is -0.444 e. The van der Waals surface area contributed by atoms with Gasteiger partial charge in [-0.15, -0.1) is 13.2 Å². The summed E-state index contributed by atoms with van der Waals surface area (Å²) in [6.45, 7) is 8.87. The Balaban J connectivity index is 1.61. The highest BCUT2D eigenvalue weighted by Gasteiger charge is 2.37. The normalized spacial score (nSPS) is 14.2. The van der Waals surface area contributed by atoms with E-state index in [1.807, 2.05) is 0 Å². The molecule has 42 heavy (non-hydrogen) atoms. The number of alkyl carbamates (subject to hydrolysis) is 1. The minimum atomic E-state index is -5.06. The Morgan fingerprint density at radius 3 is 2.14 bits per heavy atom. The van der Waals surface area contributed by atoms with E-state index in [0.717, 1.165) is 16.7 Å². The van der Waals surface area contributed by atoms with E-state index in [-0.39, 0.29) is 55.4 Å². The van der Waals surface area contributed by atoms with Gasteiger partial charge in [0, 0.05) is 38.4 Å². The molecule has 1 aliphatic heterocycles. The van der Waals surface area contributed by atoms with E-state index < -0.39 is 41.1 Å². The molecule has 0 radical (unpaired) electrons. The lowest BCUT2D eigenvalue weighted by Crippen LogP contribution is -2.60. The van der Waals surface area contributed by atoms with Crippen LogP contribution in [0.4, 0.5) is 28.6 Å². The molecular weight excluding hydrogens is 565 g/mol. The zero-order chi connectivity index (χ0) is 31.5. The Kier molecular flexibility index (Phi) is 9.17. The highest BCUT2D eigenvalue weighted by molar-refractivity contribution is 5.90. The van der Waals surface area contributed by atoms with Crippen molar-refractivity contribution in [1.82, 2.24) is 24.7 Å². The molecule has 1 aliphatic rings. The molecule has 0 saturated carbocycles. The van der Waals surface area contributed by atoms with Crippen molar-refractivity contribution in [3.8, 4) is 11.4 Å². The Hall–Kier alpha value is -4.63. The fraction of sp³-hybridized carbons (Fsp3) is 0.462. The van der Waals surface area contributed by atoms with Gasteiger partial charge in [-0.05, 0) is 52.8 Å². The summed E-state index contributed by atoms with van der Waals surface area (Å²) in [4.78, 5) is 68.2. The van der Waals surface area contributed by atoms with Gasteiger partial charge in [-0.3, -0.25) is 19.5 Å². The summed E-state index contributed by atoms with van der Waals surface area (Å²) >= 11 is 0.